The Hall–Kier alpha value is -4.43. The molecule has 1 amide bonds. The minimum absolute atomic E-state index is 0.0105. The van der Waals surface area contributed by atoms with Crippen LogP contribution >= 0.6 is 11.3 Å². The summed E-state index contributed by atoms with van der Waals surface area (Å²) in [6, 6.07) is 22.3. The lowest BCUT2D eigenvalue weighted by molar-refractivity contribution is -0.132. The molecule has 0 radical (unpaired) electrons. The number of aliphatic hydroxyl groups excluding tert-OH is 1. The van der Waals surface area contributed by atoms with Crippen molar-refractivity contribution in [3.8, 4) is 17.2 Å². The number of ketones is 1. The summed E-state index contributed by atoms with van der Waals surface area (Å²) in [6.45, 7) is 0. The van der Waals surface area contributed by atoms with Crippen LogP contribution in [0, 0.1) is 5.82 Å². The number of halogens is 1. The van der Waals surface area contributed by atoms with Crippen molar-refractivity contribution in [1.29, 1.82) is 0 Å². The molecule has 6 nitrogen and oxygen atoms in total. The van der Waals surface area contributed by atoms with Gasteiger partial charge in [-0.2, -0.15) is 0 Å². The van der Waals surface area contributed by atoms with E-state index in [1.807, 2.05) is 35.7 Å². The molecule has 0 aliphatic carbocycles. The van der Waals surface area contributed by atoms with Crippen LogP contribution in [0.3, 0.4) is 0 Å². The van der Waals surface area contributed by atoms with Crippen LogP contribution in [0.25, 0.3) is 5.76 Å². The van der Waals surface area contributed by atoms with Crippen molar-refractivity contribution >= 4 is 34.5 Å². The minimum atomic E-state index is -0.904. The zero-order valence-corrected chi connectivity index (χ0v) is 19.9. The van der Waals surface area contributed by atoms with E-state index in [-0.39, 0.29) is 16.9 Å². The maximum Gasteiger partial charge on any atom is 0.300 e. The summed E-state index contributed by atoms with van der Waals surface area (Å²) >= 11 is 1.34. The molecule has 1 aliphatic rings. The normalized spacial score (nSPS) is 16.8. The number of nitrogens with zero attached hydrogens (tertiary/aromatic N) is 1. The zero-order chi connectivity index (χ0) is 25.2. The molecule has 4 aromatic rings. The average molecular weight is 502 g/mol. The smallest absolute Gasteiger partial charge is 0.300 e. The topological polar surface area (TPSA) is 76.1 Å². The zero-order valence-electron chi connectivity index (χ0n) is 19.1. The van der Waals surface area contributed by atoms with Gasteiger partial charge >= 0.3 is 0 Å². The van der Waals surface area contributed by atoms with E-state index in [1.165, 1.54) is 35.5 Å². The number of carbonyl (C=O) groups is 2. The van der Waals surface area contributed by atoms with Crippen molar-refractivity contribution in [3.05, 3.63) is 112 Å². The number of rotatable bonds is 6. The average Bonchev–Trinajstić information content (AvgIpc) is 3.52. The molecule has 0 saturated carbocycles. The van der Waals surface area contributed by atoms with E-state index < -0.39 is 29.3 Å². The molecule has 1 fully saturated rings. The molecule has 1 aliphatic heterocycles. The van der Waals surface area contributed by atoms with E-state index in [4.69, 9.17) is 9.47 Å². The van der Waals surface area contributed by atoms with Crippen LogP contribution in [0.4, 0.5) is 10.1 Å². The molecule has 8 heteroatoms. The number of carbonyl (C=O) groups excluding carboxylic acids is 2. The van der Waals surface area contributed by atoms with Gasteiger partial charge in [0.2, 0.25) is 0 Å². The lowest BCUT2D eigenvalue weighted by Crippen LogP contribution is -2.29. The van der Waals surface area contributed by atoms with Gasteiger partial charge in [0.25, 0.3) is 11.7 Å². The molecule has 0 bridgehead atoms. The maximum absolute atomic E-state index is 14.0. The highest BCUT2D eigenvalue weighted by Crippen LogP contribution is 2.44. The lowest BCUT2D eigenvalue weighted by atomic mass is 9.99. The summed E-state index contributed by atoms with van der Waals surface area (Å²) in [5.41, 5.74) is 0.292. The first-order valence-corrected chi connectivity index (χ1v) is 11.9. The maximum atomic E-state index is 14.0. The van der Waals surface area contributed by atoms with Crippen LogP contribution in [-0.4, -0.2) is 23.9 Å². The Morgan fingerprint density at radius 3 is 2.33 bits per heavy atom. The summed E-state index contributed by atoms with van der Waals surface area (Å²) in [7, 11) is 1.37. The third-order valence-electron chi connectivity index (χ3n) is 5.77. The van der Waals surface area contributed by atoms with Gasteiger partial charge in [0.05, 0.1) is 18.2 Å². The predicted octanol–water partition coefficient (Wildman–Crippen LogP) is 6.31. The fraction of sp³-hybridized carbons (Fsp3) is 0.0714. The Balaban J connectivity index is 1.59. The summed E-state index contributed by atoms with van der Waals surface area (Å²) in [6.07, 6.45) is 0. The van der Waals surface area contributed by atoms with Gasteiger partial charge in [0, 0.05) is 10.6 Å². The second-order valence-electron chi connectivity index (χ2n) is 7.94. The van der Waals surface area contributed by atoms with Gasteiger partial charge in [0.1, 0.15) is 34.9 Å². The van der Waals surface area contributed by atoms with Crippen LogP contribution in [0.1, 0.15) is 16.5 Å². The summed E-state index contributed by atoms with van der Waals surface area (Å²) in [5.74, 6) is -1.41. The van der Waals surface area contributed by atoms with Crippen molar-refractivity contribution < 1.29 is 28.6 Å². The molecule has 5 rings (SSSR count). The Labute approximate surface area is 210 Å². The van der Waals surface area contributed by atoms with Gasteiger partial charge in [0.15, 0.2) is 0 Å². The number of benzene rings is 3. The molecule has 3 aromatic carbocycles. The molecule has 1 N–H and O–H groups in total. The number of anilines is 1. The molecule has 36 heavy (non-hydrogen) atoms. The minimum Gasteiger partial charge on any atom is -0.507 e. The van der Waals surface area contributed by atoms with Crippen LogP contribution in [0.15, 0.2) is 95.9 Å². The monoisotopic (exact) mass is 501 g/mol. The van der Waals surface area contributed by atoms with Gasteiger partial charge in [-0.1, -0.05) is 24.3 Å². The van der Waals surface area contributed by atoms with Gasteiger partial charge in [-0.15, -0.1) is 11.3 Å². The van der Waals surface area contributed by atoms with Crippen molar-refractivity contribution in [2.45, 2.75) is 6.04 Å². The number of amides is 1. The summed E-state index contributed by atoms with van der Waals surface area (Å²) in [5, 5.41) is 13.0. The van der Waals surface area contributed by atoms with Gasteiger partial charge in [-0.3, -0.25) is 14.5 Å². The van der Waals surface area contributed by atoms with Crippen molar-refractivity contribution in [2.24, 2.45) is 0 Å². The molecule has 2 heterocycles. The number of ether oxygens (including phenoxy) is 2. The molecular weight excluding hydrogens is 481 g/mol. The van der Waals surface area contributed by atoms with E-state index in [9.17, 15) is 19.1 Å². The van der Waals surface area contributed by atoms with E-state index in [1.54, 1.807) is 36.4 Å². The highest BCUT2D eigenvalue weighted by Gasteiger charge is 2.47. The fourth-order valence-electron chi connectivity index (χ4n) is 4.12. The SMILES string of the molecule is COc1ccc(F)cc1/C(O)=C1/C(=O)C(=O)N(c2ccc(Oc3ccccc3)cc2)C1c1cccs1. The molecule has 1 aromatic heterocycles. The molecule has 1 unspecified atom stereocenters. The number of hydrogen-bond donors (Lipinski definition) is 1. The number of hydrogen-bond acceptors (Lipinski definition) is 6. The number of Topliss-reactive ketones (excluding diaryl/α,β-unsaturated/α-hetero) is 1. The van der Waals surface area contributed by atoms with E-state index >= 15 is 0 Å². The quantitative estimate of drug-likeness (QED) is 0.190. The highest BCUT2D eigenvalue weighted by molar-refractivity contribution is 7.10. The van der Waals surface area contributed by atoms with Crippen molar-refractivity contribution in [3.63, 3.8) is 0 Å². The van der Waals surface area contributed by atoms with Crippen molar-refractivity contribution in [1.82, 2.24) is 0 Å². The molecular formula is C28H20FNO5S. The molecule has 180 valence electrons. The standard InChI is InChI=1S/C28H20FNO5S/c1-34-22-14-9-17(29)16-21(22)26(31)24-25(23-8-5-15-36-23)30(28(33)27(24)32)18-10-12-20(13-11-18)35-19-6-3-2-4-7-19/h2-16,25,31H,1H3/b26-24-. The predicted molar refractivity (Wildman–Crippen MR) is 135 cm³/mol. The van der Waals surface area contributed by atoms with Crippen LogP contribution in [-0.2, 0) is 9.59 Å². The Morgan fingerprint density at radius 1 is 0.944 bits per heavy atom. The van der Waals surface area contributed by atoms with E-state index in [0.717, 1.165) is 6.07 Å². The summed E-state index contributed by atoms with van der Waals surface area (Å²) < 4.78 is 25.1. The third kappa shape index (κ3) is 4.23. The molecule has 1 atom stereocenters. The second kappa shape index (κ2) is 9.67. The lowest BCUT2D eigenvalue weighted by Gasteiger charge is -2.24. The number of thiophene rings is 1. The highest BCUT2D eigenvalue weighted by atomic mass is 32.1. The van der Waals surface area contributed by atoms with Crippen LogP contribution in [0.2, 0.25) is 0 Å². The third-order valence-corrected chi connectivity index (χ3v) is 6.69. The first-order chi connectivity index (χ1) is 17.5. The van der Waals surface area contributed by atoms with Crippen LogP contribution < -0.4 is 14.4 Å². The Morgan fingerprint density at radius 2 is 1.67 bits per heavy atom. The van der Waals surface area contributed by atoms with E-state index in [2.05, 4.69) is 0 Å². The fourth-order valence-corrected chi connectivity index (χ4v) is 4.95. The number of para-hydroxylation sites is 1. The molecule has 0 spiro atoms. The van der Waals surface area contributed by atoms with Gasteiger partial charge in [-0.25, -0.2) is 4.39 Å². The summed E-state index contributed by atoms with van der Waals surface area (Å²) in [4.78, 5) is 28.5. The number of methoxy groups -OCH3 is 1. The van der Waals surface area contributed by atoms with Crippen LogP contribution in [0.5, 0.6) is 17.2 Å². The second-order valence-corrected chi connectivity index (χ2v) is 8.92. The van der Waals surface area contributed by atoms with Crippen molar-refractivity contribution in [2.75, 3.05) is 12.0 Å². The first-order valence-electron chi connectivity index (χ1n) is 11.0. The number of aliphatic hydroxyl groups is 1. The largest absolute Gasteiger partial charge is 0.507 e. The van der Waals surface area contributed by atoms with E-state index in [0.29, 0.717) is 22.1 Å². The van der Waals surface area contributed by atoms with Gasteiger partial charge in [-0.05, 0) is 66.0 Å². The molecule has 1 saturated heterocycles. The Bertz CT molecular complexity index is 1450. The Kier molecular flexibility index (Phi) is 6.26. The van der Waals surface area contributed by atoms with Gasteiger partial charge < -0.3 is 14.6 Å². The first kappa shape index (κ1) is 23.3.